The summed E-state index contributed by atoms with van der Waals surface area (Å²) in [5.41, 5.74) is 0. The fraction of sp³-hybridized carbons (Fsp3) is 1.00. The van der Waals surface area contributed by atoms with E-state index in [0.29, 0.717) is 0 Å². The fourth-order valence-corrected chi connectivity index (χ4v) is 14.7. The third-order valence-electron chi connectivity index (χ3n) is 13.9. The number of rotatable bonds is 52. The zero-order valence-corrected chi connectivity index (χ0v) is 42.1. The summed E-state index contributed by atoms with van der Waals surface area (Å²) in [4.78, 5) is 0. The summed E-state index contributed by atoms with van der Waals surface area (Å²) in [7, 11) is -0.805. The van der Waals surface area contributed by atoms with Gasteiger partial charge in [0.05, 0.1) is 24.6 Å². The SMILES string of the molecule is CCCCCCCCCCCCCCCC[P+](CCCCCCCC)(CCCCCCCCCCCCCCCC)CCCCCCCCCCCCCCCC. The van der Waals surface area contributed by atoms with Crippen molar-refractivity contribution in [3.05, 3.63) is 0 Å². The van der Waals surface area contributed by atoms with Crippen LogP contribution in [0, 0.1) is 0 Å². The van der Waals surface area contributed by atoms with Gasteiger partial charge in [-0.15, -0.1) is 0 Å². The van der Waals surface area contributed by atoms with Gasteiger partial charge >= 0.3 is 0 Å². The largest absolute Gasteiger partial charge is 0.0654 e. The van der Waals surface area contributed by atoms with Crippen molar-refractivity contribution >= 4 is 7.26 Å². The standard InChI is InChI=1S/C56H116P/c1-5-9-13-17-21-24-27-30-33-36-39-42-46-50-54-57(53-49-45-20-16-12-8-4,55-51-47-43-40-37-34-31-28-25-22-18-14-10-6-2)56-52-48-44-41-38-35-32-29-26-23-19-15-11-7-3/h5-56H2,1-4H3/q+1. The van der Waals surface area contributed by atoms with E-state index in [2.05, 4.69) is 27.7 Å². The van der Waals surface area contributed by atoms with Gasteiger partial charge in [-0.25, -0.2) is 0 Å². The van der Waals surface area contributed by atoms with Crippen LogP contribution in [0.4, 0.5) is 0 Å². The van der Waals surface area contributed by atoms with Crippen molar-refractivity contribution in [3.8, 4) is 0 Å². The smallest absolute Gasteiger partial charge is 0.0594 e. The van der Waals surface area contributed by atoms with E-state index in [1.165, 1.54) is 283 Å². The molecule has 0 aliphatic rings. The van der Waals surface area contributed by atoms with Gasteiger partial charge in [-0.05, 0) is 51.4 Å². The van der Waals surface area contributed by atoms with E-state index in [0.717, 1.165) is 0 Å². The van der Waals surface area contributed by atoms with Crippen LogP contribution in [0.5, 0.6) is 0 Å². The average Bonchev–Trinajstić information content (AvgIpc) is 3.22. The molecule has 0 radical (unpaired) electrons. The van der Waals surface area contributed by atoms with Crippen molar-refractivity contribution in [2.24, 2.45) is 0 Å². The number of unbranched alkanes of at least 4 members (excludes halogenated alkanes) is 44. The molecular weight excluding hydrogens is 704 g/mol. The highest BCUT2D eigenvalue weighted by atomic mass is 31.2. The number of hydrogen-bond acceptors (Lipinski definition) is 0. The summed E-state index contributed by atoms with van der Waals surface area (Å²) in [6.45, 7) is 9.37. The Morgan fingerprint density at radius 1 is 0.140 bits per heavy atom. The molecule has 0 aliphatic carbocycles. The molecule has 0 aromatic carbocycles. The molecule has 0 rings (SSSR count). The molecule has 344 valence electrons. The van der Waals surface area contributed by atoms with Crippen LogP contribution in [-0.4, -0.2) is 24.6 Å². The van der Waals surface area contributed by atoms with E-state index in [1.807, 2.05) is 0 Å². The summed E-state index contributed by atoms with van der Waals surface area (Å²) >= 11 is 0. The van der Waals surface area contributed by atoms with Crippen LogP contribution in [0.15, 0.2) is 0 Å². The third kappa shape index (κ3) is 45.8. The lowest BCUT2D eigenvalue weighted by Gasteiger charge is -2.28. The Bertz CT molecular complexity index is 606. The molecule has 0 aromatic rings. The predicted octanol–water partition coefficient (Wildman–Crippen LogP) is 21.8. The van der Waals surface area contributed by atoms with Gasteiger partial charge in [0.15, 0.2) is 0 Å². The monoisotopic (exact) mass is 820 g/mol. The molecule has 0 aromatic heterocycles. The van der Waals surface area contributed by atoms with Gasteiger partial charge in [0.1, 0.15) is 0 Å². The molecule has 1 heteroatoms. The minimum atomic E-state index is -0.805. The lowest BCUT2D eigenvalue weighted by molar-refractivity contribution is 0.536. The minimum absolute atomic E-state index is 0.805. The minimum Gasteiger partial charge on any atom is -0.0654 e. The van der Waals surface area contributed by atoms with Gasteiger partial charge in [0.25, 0.3) is 0 Å². The van der Waals surface area contributed by atoms with Crippen LogP contribution in [0.3, 0.4) is 0 Å². The summed E-state index contributed by atoms with van der Waals surface area (Å²) in [6, 6.07) is 0. The zero-order chi connectivity index (χ0) is 41.3. The van der Waals surface area contributed by atoms with Crippen molar-refractivity contribution in [2.45, 2.75) is 336 Å². The summed E-state index contributed by atoms with van der Waals surface area (Å²) < 4.78 is 0. The molecule has 57 heavy (non-hydrogen) atoms. The molecule has 0 aliphatic heterocycles. The Morgan fingerprint density at radius 3 is 0.368 bits per heavy atom. The molecule has 0 saturated carbocycles. The maximum Gasteiger partial charge on any atom is 0.0594 e. The lowest BCUT2D eigenvalue weighted by atomic mass is 10.0. The van der Waals surface area contributed by atoms with E-state index in [4.69, 9.17) is 0 Å². The Hall–Kier alpha value is 0.430. The van der Waals surface area contributed by atoms with Gasteiger partial charge in [-0.3, -0.25) is 0 Å². The quantitative estimate of drug-likeness (QED) is 0.0424. The Labute approximate surface area is 366 Å². The number of hydrogen-bond donors (Lipinski definition) is 0. The molecule has 0 heterocycles. The Morgan fingerprint density at radius 2 is 0.246 bits per heavy atom. The summed E-state index contributed by atoms with van der Waals surface area (Å²) in [6.07, 6.45) is 78.2. The zero-order valence-electron chi connectivity index (χ0n) is 41.2. The topological polar surface area (TPSA) is 0 Å². The first kappa shape index (κ1) is 57.4. The first-order chi connectivity index (χ1) is 28.2. The lowest BCUT2D eigenvalue weighted by Crippen LogP contribution is -2.13. The molecule has 0 atom stereocenters. The van der Waals surface area contributed by atoms with E-state index in [-0.39, 0.29) is 0 Å². The molecule has 0 fully saturated rings. The highest BCUT2D eigenvalue weighted by molar-refractivity contribution is 7.75. The van der Waals surface area contributed by atoms with Gasteiger partial charge in [0.2, 0.25) is 0 Å². The maximum absolute atomic E-state index is 2.37. The van der Waals surface area contributed by atoms with E-state index in [9.17, 15) is 0 Å². The summed E-state index contributed by atoms with van der Waals surface area (Å²) in [5, 5.41) is 0. The maximum atomic E-state index is 2.37. The first-order valence-corrected chi connectivity index (χ1v) is 30.6. The van der Waals surface area contributed by atoms with Crippen LogP contribution >= 0.6 is 7.26 Å². The predicted molar refractivity (Wildman–Crippen MR) is 271 cm³/mol. The molecule has 0 amide bonds. The summed E-state index contributed by atoms with van der Waals surface area (Å²) in [5.74, 6) is 0. The van der Waals surface area contributed by atoms with Crippen LogP contribution in [0.25, 0.3) is 0 Å². The Balaban J connectivity index is 4.73. The van der Waals surface area contributed by atoms with Crippen molar-refractivity contribution in [1.82, 2.24) is 0 Å². The van der Waals surface area contributed by atoms with Gasteiger partial charge in [0, 0.05) is 7.26 Å². The van der Waals surface area contributed by atoms with Crippen LogP contribution in [0.1, 0.15) is 336 Å². The Kier molecular flexibility index (Phi) is 51.2. The first-order valence-electron chi connectivity index (χ1n) is 28.1. The van der Waals surface area contributed by atoms with E-state index in [1.54, 1.807) is 50.3 Å². The van der Waals surface area contributed by atoms with Crippen LogP contribution in [0.2, 0.25) is 0 Å². The van der Waals surface area contributed by atoms with Crippen molar-refractivity contribution < 1.29 is 0 Å². The molecule has 0 N–H and O–H groups in total. The van der Waals surface area contributed by atoms with Crippen molar-refractivity contribution in [3.63, 3.8) is 0 Å². The van der Waals surface area contributed by atoms with Crippen molar-refractivity contribution in [2.75, 3.05) is 24.6 Å². The second-order valence-corrected chi connectivity index (χ2v) is 24.3. The van der Waals surface area contributed by atoms with Gasteiger partial charge in [-0.1, -0.05) is 285 Å². The second kappa shape index (κ2) is 50.8. The molecular formula is C56H116P+. The second-order valence-electron chi connectivity index (χ2n) is 19.8. The van der Waals surface area contributed by atoms with Crippen molar-refractivity contribution in [1.29, 1.82) is 0 Å². The molecule has 0 bridgehead atoms. The fourth-order valence-electron chi connectivity index (χ4n) is 9.82. The molecule has 0 saturated heterocycles. The average molecular weight is 821 g/mol. The molecule has 0 nitrogen and oxygen atoms in total. The highest BCUT2D eigenvalue weighted by Crippen LogP contribution is 2.61. The van der Waals surface area contributed by atoms with Crippen LogP contribution in [-0.2, 0) is 0 Å². The normalized spacial score (nSPS) is 12.0. The van der Waals surface area contributed by atoms with E-state index >= 15 is 0 Å². The van der Waals surface area contributed by atoms with Gasteiger partial charge in [-0.2, -0.15) is 0 Å². The van der Waals surface area contributed by atoms with Gasteiger partial charge < -0.3 is 0 Å². The van der Waals surface area contributed by atoms with Crippen LogP contribution < -0.4 is 0 Å². The van der Waals surface area contributed by atoms with E-state index < -0.39 is 7.26 Å². The molecule has 0 unspecified atom stereocenters. The third-order valence-corrected chi connectivity index (χ3v) is 19.0. The highest BCUT2D eigenvalue weighted by Gasteiger charge is 2.35. The molecule has 0 spiro atoms.